The number of nitriles is 1. The second-order valence-electron chi connectivity index (χ2n) is 5.46. The van der Waals surface area contributed by atoms with Gasteiger partial charge in [-0.3, -0.25) is 10.3 Å². The zero-order chi connectivity index (χ0) is 15.8. The molecule has 0 bridgehead atoms. The standard InChI is InChI=1S/C18H14N4O/c1-12-9-17(20-11-13-5-4-8-23-13)22-16-7-3-2-6-15(16)21-18(22)14(12)10-19/h2-9H,11H2,1H3,(H,20,21)/p+1. The lowest BCUT2D eigenvalue weighted by Crippen LogP contribution is -2.27. The van der Waals surface area contributed by atoms with E-state index in [2.05, 4.69) is 16.4 Å². The summed E-state index contributed by atoms with van der Waals surface area (Å²) in [5.74, 6) is 1.78. The Bertz CT molecular complexity index is 1040. The minimum atomic E-state index is 0.583. The van der Waals surface area contributed by atoms with Gasteiger partial charge in [-0.15, -0.1) is 0 Å². The van der Waals surface area contributed by atoms with Crippen LogP contribution in [0, 0.1) is 18.3 Å². The van der Waals surface area contributed by atoms with E-state index in [0.29, 0.717) is 12.1 Å². The minimum Gasteiger partial charge on any atom is -0.466 e. The predicted molar refractivity (Wildman–Crippen MR) is 86.9 cm³/mol. The maximum Gasteiger partial charge on any atom is 0.250 e. The van der Waals surface area contributed by atoms with E-state index in [4.69, 9.17) is 4.42 Å². The van der Waals surface area contributed by atoms with Gasteiger partial charge in [0.15, 0.2) is 0 Å². The molecule has 5 heteroatoms. The van der Waals surface area contributed by atoms with Gasteiger partial charge in [0, 0.05) is 6.07 Å². The molecular formula is C18H15N4O+. The highest BCUT2D eigenvalue weighted by Gasteiger charge is 2.20. The van der Waals surface area contributed by atoms with Crippen molar-refractivity contribution in [3.05, 3.63) is 65.6 Å². The zero-order valence-electron chi connectivity index (χ0n) is 12.6. The van der Waals surface area contributed by atoms with E-state index in [1.54, 1.807) is 6.26 Å². The normalized spacial score (nSPS) is 11.0. The fraction of sp³-hybridized carbons (Fsp3) is 0.111. The average molecular weight is 303 g/mol. The van der Waals surface area contributed by atoms with Gasteiger partial charge in [-0.05, 0) is 36.8 Å². The largest absolute Gasteiger partial charge is 0.466 e. The number of H-pyrrole nitrogens is 1. The smallest absolute Gasteiger partial charge is 0.250 e. The monoisotopic (exact) mass is 303 g/mol. The topological polar surface area (TPSA) is 68.8 Å². The van der Waals surface area contributed by atoms with E-state index in [1.165, 1.54) is 0 Å². The molecule has 0 radical (unpaired) electrons. The van der Waals surface area contributed by atoms with E-state index in [1.807, 2.05) is 53.8 Å². The number of nitrogens with zero attached hydrogens (tertiary/aromatic N) is 2. The number of pyridine rings is 1. The van der Waals surface area contributed by atoms with Gasteiger partial charge in [-0.25, -0.2) is 0 Å². The fourth-order valence-corrected chi connectivity index (χ4v) is 2.89. The van der Waals surface area contributed by atoms with Crippen LogP contribution in [0.2, 0.25) is 0 Å². The van der Waals surface area contributed by atoms with Gasteiger partial charge in [0.1, 0.15) is 35.0 Å². The van der Waals surface area contributed by atoms with Crippen molar-refractivity contribution in [2.24, 2.45) is 0 Å². The number of benzene rings is 1. The molecule has 0 aliphatic heterocycles. The third-order valence-electron chi connectivity index (χ3n) is 3.98. The Balaban J connectivity index is 1.94. The Labute approximate surface area is 132 Å². The number of anilines is 1. The number of para-hydroxylation sites is 2. The molecule has 23 heavy (non-hydrogen) atoms. The third kappa shape index (κ3) is 2.12. The first kappa shape index (κ1) is 13.4. The van der Waals surface area contributed by atoms with Crippen LogP contribution in [0.25, 0.3) is 16.7 Å². The molecule has 0 fully saturated rings. The number of aromatic amines is 1. The number of fused-ring (bicyclic) bond motifs is 3. The fourth-order valence-electron chi connectivity index (χ4n) is 2.89. The van der Waals surface area contributed by atoms with Crippen LogP contribution < -0.4 is 9.72 Å². The molecule has 112 valence electrons. The van der Waals surface area contributed by atoms with Crippen molar-refractivity contribution >= 4 is 22.5 Å². The van der Waals surface area contributed by atoms with Crippen LogP contribution in [0.15, 0.2) is 53.1 Å². The van der Waals surface area contributed by atoms with Crippen LogP contribution in [0.4, 0.5) is 5.82 Å². The lowest BCUT2D eigenvalue weighted by molar-refractivity contribution is -0.465. The van der Waals surface area contributed by atoms with Crippen LogP contribution in [-0.2, 0) is 6.54 Å². The highest BCUT2D eigenvalue weighted by atomic mass is 16.3. The molecule has 0 saturated carbocycles. The van der Waals surface area contributed by atoms with Gasteiger partial charge >= 0.3 is 0 Å². The first-order valence-corrected chi connectivity index (χ1v) is 7.40. The van der Waals surface area contributed by atoms with Crippen molar-refractivity contribution < 1.29 is 8.82 Å². The van der Waals surface area contributed by atoms with Crippen LogP contribution in [0.1, 0.15) is 16.9 Å². The lowest BCUT2D eigenvalue weighted by atomic mass is 10.1. The summed E-state index contributed by atoms with van der Waals surface area (Å²) in [4.78, 5) is 3.35. The molecule has 5 nitrogen and oxygen atoms in total. The van der Waals surface area contributed by atoms with Gasteiger partial charge in [0.05, 0.1) is 6.26 Å². The van der Waals surface area contributed by atoms with Crippen LogP contribution in [0.5, 0.6) is 0 Å². The molecule has 1 aromatic carbocycles. The highest BCUT2D eigenvalue weighted by molar-refractivity contribution is 5.77. The number of hydrogen-bond acceptors (Lipinski definition) is 3. The molecule has 3 aromatic heterocycles. The van der Waals surface area contributed by atoms with Crippen LogP contribution in [-0.4, -0.2) is 4.98 Å². The Hall–Kier alpha value is -3.26. The van der Waals surface area contributed by atoms with Crippen LogP contribution >= 0.6 is 0 Å². The van der Waals surface area contributed by atoms with Crippen molar-refractivity contribution in [1.82, 2.24) is 4.98 Å². The summed E-state index contributed by atoms with van der Waals surface area (Å²) in [5, 5.41) is 12.9. The minimum absolute atomic E-state index is 0.583. The number of rotatable bonds is 3. The van der Waals surface area contributed by atoms with Crippen molar-refractivity contribution in [3.63, 3.8) is 0 Å². The maximum atomic E-state index is 9.49. The molecule has 0 aliphatic carbocycles. The zero-order valence-corrected chi connectivity index (χ0v) is 12.6. The van der Waals surface area contributed by atoms with E-state index in [-0.39, 0.29) is 0 Å². The molecule has 0 saturated heterocycles. The number of furan rings is 1. The van der Waals surface area contributed by atoms with Crippen molar-refractivity contribution in [3.8, 4) is 6.07 Å². The molecule has 0 atom stereocenters. The number of aryl methyl sites for hydroxylation is 1. The number of aromatic nitrogens is 2. The Morgan fingerprint density at radius 3 is 2.91 bits per heavy atom. The van der Waals surface area contributed by atoms with E-state index in [0.717, 1.165) is 33.8 Å². The molecule has 0 amide bonds. The molecule has 4 rings (SSSR count). The number of nitrogens with one attached hydrogen (secondary N) is 2. The molecule has 0 aliphatic rings. The Morgan fingerprint density at radius 2 is 2.13 bits per heavy atom. The summed E-state index contributed by atoms with van der Waals surface area (Å²) >= 11 is 0. The van der Waals surface area contributed by atoms with Crippen molar-refractivity contribution in [2.45, 2.75) is 13.5 Å². The number of imidazole rings is 1. The Kier molecular flexibility index (Phi) is 3.02. The summed E-state index contributed by atoms with van der Waals surface area (Å²) in [6.07, 6.45) is 1.66. The van der Waals surface area contributed by atoms with Crippen molar-refractivity contribution in [2.75, 3.05) is 5.32 Å². The SMILES string of the molecule is Cc1cc(NCc2ccco2)[n+]2c([nH]c3ccccc32)c1C#N. The molecule has 4 aromatic rings. The summed E-state index contributed by atoms with van der Waals surface area (Å²) in [6, 6.07) is 16.1. The first-order valence-electron chi connectivity index (χ1n) is 7.40. The van der Waals surface area contributed by atoms with Gasteiger partial charge < -0.3 is 4.42 Å². The summed E-state index contributed by atoms with van der Waals surface area (Å²) in [7, 11) is 0. The van der Waals surface area contributed by atoms with E-state index < -0.39 is 0 Å². The number of hydrogen-bond donors (Lipinski definition) is 2. The van der Waals surface area contributed by atoms with E-state index >= 15 is 0 Å². The summed E-state index contributed by atoms with van der Waals surface area (Å²) < 4.78 is 7.42. The summed E-state index contributed by atoms with van der Waals surface area (Å²) in [5.41, 5.74) is 4.41. The molecule has 0 unspecified atom stereocenters. The molecule has 0 spiro atoms. The Morgan fingerprint density at radius 1 is 1.26 bits per heavy atom. The molecule has 2 N–H and O–H groups in total. The highest BCUT2D eigenvalue weighted by Crippen LogP contribution is 2.20. The van der Waals surface area contributed by atoms with Gasteiger partial charge in [0.25, 0.3) is 0 Å². The van der Waals surface area contributed by atoms with E-state index in [9.17, 15) is 5.26 Å². The lowest BCUT2D eigenvalue weighted by Gasteiger charge is -2.05. The van der Waals surface area contributed by atoms with Crippen molar-refractivity contribution in [1.29, 1.82) is 5.26 Å². The predicted octanol–water partition coefficient (Wildman–Crippen LogP) is 3.29. The molecular weight excluding hydrogens is 288 g/mol. The molecule has 3 heterocycles. The summed E-state index contributed by atoms with van der Waals surface area (Å²) in [6.45, 7) is 2.53. The third-order valence-corrected chi connectivity index (χ3v) is 3.98. The second-order valence-corrected chi connectivity index (χ2v) is 5.46. The van der Waals surface area contributed by atoms with Gasteiger partial charge in [0.2, 0.25) is 11.5 Å². The van der Waals surface area contributed by atoms with Crippen LogP contribution in [0.3, 0.4) is 0 Å². The average Bonchev–Trinajstić information content (AvgIpc) is 3.20. The van der Waals surface area contributed by atoms with Gasteiger partial charge in [-0.1, -0.05) is 12.1 Å². The second kappa shape index (κ2) is 5.18. The quantitative estimate of drug-likeness (QED) is 0.571. The van der Waals surface area contributed by atoms with Gasteiger partial charge in [-0.2, -0.15) is 9.66 Å². The first-order chi connectivity index (χ1) is 11.3. The maximum absolute atomic E-state index is 9.49.